The van der Waals surface area contributed by atoms with Gasteiger partial charge in [0.05, 0.1) is 31.5 Å². The van der Waals surface area contributed by atoms with Gasteiger partial charge in [-0.25, -0.2) is 4.39 Å². The molecule has 2 aromatic carbocycles. The molecule has 0 aliphatic heterocycles. The zero-order chi connectivity index (χ0) is 26.2. The number of halogens is 2. The smallest absolute Gasteiger partial charge is 0.310 e. The van der Waals surface area contributed by atoms with Gasteiger partial charge in [-0.3, -0.25) is 14.3 Å². The molecule has 1 N–H and O–H groups in total. The third kappa shape index (κ3) is 7.07. The van der Waals surface area contributed by atoms with Crippen LogP contribution in [-0.4, -0.2) is 48.8 Å². The summed E-state index contributed by atoms with van der Waals surface area (Å²) in [6.07, 6.45) is 5.64. The van der Waals surface area contributed by atoms with Crippen LogP contribution < -0.4 is 0 Å². The second kappa shape index (κ2) is 12.4. The minimum atomic E-state index is -0.531. The Balaban J connectivity index is 1.55. The molecule has 0 amide bonds. The third-order valence-electron chi connectivity index (χ3n) is 6.01. The van der Waals surface area contributed by atoms with Gasteiger partial charge in [-0.05, 0) is 55.0 Å². The first-order valence-corrected chi connectivity index (χ1v) is 12.2. The monoisotopic (exact) mass is 524 g/mol. The zero-order valence-corrected chi connectivity index (χ0v) is 20.9. The van der Waals surface area contributed by atoms with Gasteiger partial charge >= 0.3 is 5.97 Å². The van der Waals surface area contributed by atoms with Crippen molar-refractivity contribution in [2.24, 2.45) is 11.8 Å². The number of hydrogen-bond donors (Lipinski definition) is 1. The average molecular weight is 525 g/mol. The first kappa shape index (κ1) is 26.2. The summed E-state index contributed by atoms with van der Waals surface area (Å²) < 4.78 is 21.2. The maximum Gasteiger partial charge on any atom is 0.310 e. The van der Waals surface area contributed by atoms with Gasteiger partial charge in [-0.15, -0.1) is 5.10 Å². The number of rotatable bonds is 12. The highest BCUT2D eigenvalue weighted by Gasteiger charge is 2.28. The van der Waals surface area contributed by atoms with E-state index >= 15 is 0 Å². The predicted molar refractivity (Wildman–Crippen MR) is 134 cm³/mol. The molecule has 2 heterocycles. The van der Waals surface area contributed by atoms with Crippen molar-refractivity contribution >= 4 is 23.4 Å². The number of carbonyl (C=O) groups excluding carboxylic acids is 2. The maximum absolute atomic E-state index is 14.3. The Morgan fingerprint density at radius 1 is 1.19 bits per heavy atom. The van der Waals surface area contributed by atoms with Gasteiger partial charge in [-0.1, -0.05) is 41.1 Å². The van der Waals surface area contributed by atoms with Crippen molar-refractivity contribution in [3.63, 3.8) is 0 Å². The van der Waals surface area contributed by atoms with Gasteiger partial charge in [0.1, 0.15) is 11.5 Å². The highest BCUT2D eigenvalue weighted by atomic mass is 35.5. The summed E-state index contributed by atoms with van der Waals surface area (Å²) in [5.74, 6) is -1.64. The number of benzene rings is 2. The number of Topliss-reactive ketones (excluding diaryl/α,β-unsaturated/α-hetero) is 1. The van der Waals surface area contributed by atoms with Crippen LogP contribution in [0.2, 0.25) is 5.02 Å². The van der Waals surface area contributed by atoms with Crippen LogP contribution in [0.1, 0.15) is 35.8 Å². The molecule has 0 radical (unpaired) electrons. The van der Waals surface area contributed by atoms with Crippen LogP contribution >= 0.6 is 11.6 Å². The summed E-state index contributed by atoms with van der Waals surface area (Å²) in [7, 11) is 0. The lowest BCUT2D eigenvalue weighted by atomic mass is 9.85. The molecule has 37 heavy (non-hydrogen) atoms. The van der Waals surface area contributed by atoms with Crippen molar-refractivity contribution in [2.75, 3.05) is 6.61 Å². The summed E-state index contributed by atoms with van der Waals surface area (Å²) >= 11 is 6.05. The van der Waals surface area contributed by atoms with Gasteiger partial charge in [0.2, 0.25) is 0 Å². The number of H-pyrrole nitrogens is 1. The van der Waals surface area contributed by atoms with E-state index in [-0.39, 0.29) is 48.8 Å². The SMILES string of the molecule is CCOC(=O)[C@@H](C[C@H](CC(=O)c1cn[nH]n1)Cc1ccc(-c2cc(Cl)ccc2F)cc1)Cn1ccnn1. The summed E-state index contributed by atoms with van der Waals surface area (Å²) in [4.78, 5) is 25.7. The molecule has 0 aliphatic rings. The number of esters is 1. The van der Waals surface area contributed by atoms with Gasteiger partial charge in [0, 0.05) is 23.2 Å². The Labute approximate surface area is 218 Å². The molecular formula is C26H26ClFN6O3. The molecule has 0 spiro atoms. The average Bonchev–Trinajstić information content (AvgIpc) is 3.60. The molecule has 11 heteroatoms. The zero-order valence-electron chi connectivity index (χ0n) is 20.2. The number of aromatic amines is 1. The van der Waals surface area contributed by atoms with E-state index in [1.54, 1.807) is 23.9 Å². The highest BCUT2D eigenvalue weighted by Crippen LogP contribution is 2.29. The molecule has 9 nitrogen and oxygen atoms in total. The Morgan fingerprint density at radius 3 is 2.68 bits per heavy atom. The third-order valence-corrected chi connectivity index (χ3v) is 6.24. The van der Waals surface area contributed by atoms with Crippen molar-refractivity contribution < 1.29 is 18.7 Å². The topological polar surface area (TPSA) is 116 Å². The molecule has 2 atom stereocenters. The fraction of sp³-hybridized carbons (Fsp3) is 0.308. The second-order valence-corrected chi connectivity index (χ2v) is 9.12. The lowest BCUT2D eigenvalue weighted by Crippen LogP contribution is -2.27. The molecule has 192 valence electrons. The van der Waals surface area contributed by atoms with Gasteiger partial charge < -0.3 is 4.74 Å². The second-order valence-electron chi connectivity index (χ2n) is 8.68. The van der Waals surface area contributed by atoms with Gasteiger partial charge in [0.25, 0.3) is 0 Å². The van der Waals surface area contributed by atoms with Crippen molar-refractivity contribution in [3.05, 3.63) is 83.2 Å². The van der Waals surface area contributed by atoms with E-state index in [2.05, 4.69) is 25.7 Å². The van der Waals surface area contributed by atoms with Crippen molar-refractivity contribution in [1.29, 1.82) is 0 Å². The quantitative estimate of drug-likeness (QED) is 0.213. The maximum atomic E-state index is 14.3. The first-order valence-electron chi connectivity index (χ1n) is 11.9. The van der Waals surface area contributed by atoms with Crippen LogP contribution in [-0.2, 0) is 22.5 Å². The Hall–Kier alpha value is -3.92. The molecule has 0 saturated heterocycles. The van der Waals surface area contributed by atoms with E-state index in [1.165, 1.54) is 24.5 Å². The number of ether oxygens (including phenoxy) is 1. The number of aromatic nitrogens is 6. The molecule has 4 aromatic rings. The summed E-state index contributed by atoms with van der Waals surface area (Å²) in [5, 5.41) is 18.3. The molecule has 2 aromatic heterocycles. The van der Waals surface area contributed by atoms with E-state index in [9.17, 15) is 14.0 Å². The van der Waals surface area contributed by atoms with E-state index in [4.69, 9.17) is 16.3 Å². The fourth-order valence-corrected chi connectivity index (χ4v) is 4.45. The highest BCUT2D eigenvalue weighted by molar-refractivity contribution is 6.30. The molecule has 0 unspecified atom stereocenters. The lowest BCUT2D eigenvalue weighted by molar-refractivity contribution is -0.149. The normalized spacial score (nSPS) is 12.7. The predicted octanol–water partition coefficient (Wildman–Crippen LogP) is 4.56. The molecule has 0 bridgehead atoms. The molecule has 0 fully saturated rings. The molecule has 0 aliphatic carbocycles. The van der Waals surface area contributed by atoms with Crippen LogP contribution in [0.4, 0.5) is 4.39 Å². The fourth-order valence-electron chi connectivity index (χ4n) is 4.28. The molecule has 0 saturated carbocycles. The summed E-state index contributed by atoms with van der Waals surface area (Å²) in [6, 6.07) is 11.8. The summed E-state index contributed by atoms with van der Waals surface area (Å²) in [6.45, 7) is 2.28. The van der Waals surface area contributed by atoms with Crippen LogP contribution in [0.5, 0.6) is 0 Å². The van der Waals surface area contributed by atoms with Crippen LogP contribution in [0.25, 0.3) is 11.1 Å². The minimum absolute atomic E-state index is 0.157. The van der Waals surface area contributed by atoms with E-state index in [1.807, 2.05) is 24.3 Å². The van der Waals surface area contributed by atoms with E-state index in [0.29, 0.717) is 29.0 Å². The van der Waals surface area contributed by atoms with Crippen molar-refractivity contribution in [1.82, 2.24) is 30.4 Å². The Morgan fingerprint density at radius 2 is 2.00 bits per heavy atom. The standard InChI is InChI=1S/C26H26ClFN6O3/c1-2-37-26(36)20(16-34-10-9-29-33-34)12-18(13-25(35)24-15-30-32-31-24)11-17-3-5-19(6-4-17)22-14-21(27)7-8-23(22)28/h3-10,14-15,18,20H,2,11-13,16H2,1H3,(H,30,31,32)/t18-,20+/m1/s1. The van der Waals surface area contributed by atoms with Crippen LogP contribution in [0.3, 0.4) is 0 Å². The van der Waals surface area contributed by atoms with Crippen LogP contribution in [0, 0.1) is 17.7 Å². The van der Waals surface area contributed by atoms with E-state index in [0.717, 1.165) is 5.56 Å². The Bertz CT molecular complexity index is 1310. The van der Waals surface area contributed by atoms with Crippen molar-refractivity contribution in [2.45, 2.75) is 32.7 Å². The van der Waals surface area contributed by atoms with Crippen molar-refractivity contribution in [3.8, 4) is 11.1 Å². The van der Waals surface area contributed by atoms with Crippen LogP contribution in [0.15, 0.2) is 61.1 Å². The lowest BCUT2D eigenvalue weighted by Gasteiger charge is -2.22. The minimum Gasteiger partial charge on any atom is -0.466 e. The number of ketones is 1. The Kier molecular flexibility index (Phi) is 8.73. The van der Waals surface area contributed by atoms with Gasteiger partial charge in [0.15, 0.2) is 5.78 Å². The number of hydrogen-bond acceptors (Lipinski definition) is 7. The number of nitrogens with one attached hydrogen (secondary N) is 1. The largest absolute Gasteiger partial charge is 0.466 e. The summed E-state index contributed by atoms with van der Waals surface area (Å²) in [5.41, 5.74) is 2.27. The van der Waals surface area contributed by atoms with E-state index < -0.39 is 5.92 Å². The van der Waals surface area contributed by atoms with Gasteiger partial charge in [-0.2, -0.15) is 15.4 Å². The molecular weight excluding hydrogens is 499 g/mol. The first-order chi connectivity index (χ1) is 17.9. The number of nitrogens with zero attached hydrogens (tertiary/aromatic N) is 5. The number of carbonyl (C=O) groups is 2. The molecule has 4 rings (SSSR count).